The monoisotopic (exact) mass is 427 g/mol. The minimum absolute atomic E-state index is 0.208. The summed E-state index contributed by atoms with van der Waals surface area (Å²) in [7, 11) is 1.94. The Labute approximate surface area is 178 Å². The van der Waals surface area contributed by atoms with Crippen LogP contribution in [0.2, 0.25) is 5.02 Å². The molecule has 4 heterocycles. The number of aromatic amines is 1. The van der Waals surface area contributed by atoms with Crippen molar-refractivity contribution in [1.82, 2.24) is 19.9 Å². The second-order valence-corrected chi connectivity index (χ2v) is 7.54. The summed E-state index contributed by atoms with van der Waals surface area (Å²) in [5, 5.41) is 3.80. The molecule has 3 aromatic rings. The SMILES string of the molecule is CN[C@@H]1CCN(c2ccc(-n3ccc(OCc4ccc(Cl)cn4)cc3=O)c(=O)[nH]2)C1. The fraction of sp³-hybridized carbons (Fsp3) is 0.286. The van der Waals surface area contributed by atoms with Gasteiger partial charge in [-0.2, -0.15) is 0 Å². The highest BCUT2D eigenvalue weighted by Crippen LogP contribution is 2.18. The van der Waals surface area contributed by atoms with Crippen LogP contribution in [0.15, 0.2) is 58.4 Å². The molecule has 1 atom stereocenters. The first kappa shape index (κ1) is 20.2. The summed E-state index contributed by atoms with van der Waals surface area (Å²) >= 11 is 5.82. The van der Waals surface area contributed by atoms with Gasteiger partial charge in [0, 0.05) is 37.6 Å². The fourth-order valence-corrected chi connectivity index (χ4v) is 3.55. The minimum atomic E-state index is -0.355. The number of nitrogens with one attached hydrogen (secondary N) is 2. The van der Waals surface area contributed by atoms with Crippen LogP contribution < -0.4 is 26.1 Å². The van der Waals surface area contributed by atoms with Crippen molar-refractivity contribution in [2.24, 2.45) is 0 Å². The third-order valence-corrected chi connectivity index (χ3v) is 5.36. The second-order valence-electron chi connectivity index (χ2n) is 7.11. The molecular weight excluding hydrogens is 406 g/mol. The van der Waals surface area contributed by atoms with E-state index in [1.165, 1.54) is 23.0 Å². The van der Waals surface area contributed by atoms with Crippen molar-refractivity contribution in [3.63, 3.8) is 0 Å². The number of hydrogen-bond acceptors (Lipinski definition) is 6. The number of halogens is 1. The molecule has 1 aliphatic heterocycles. The van der Waals surface area contributed by atoms with E-state index in [-0.39, 0.29) is 23.4 Å². The average molecular weight is 428 g/mol. The standard InChI is InChI=1S/C21H22ClN5O3/c1-23-15-6-8-26(12-15)19-5-4-18(21(29)25-19)27-9-7-17(10-20(27)28)30-13-16-3-2-14(22)11-24-16/h2-5,7,9-11,15,23H,6,8,12-13H2,1H3,(H,25,29)/t15-/m1/s1. The number of H-pyrrole nitrogens is 1. The van der Waals surface area contributed by atoms with Gasteiger partial charge in [0.25, 0.3) is 11.1 Å². The Hall–Kier alpha value is -3.10. The van der Waals surface area contributed by atoms with Crippen molar-refractivity contribution >= 4 is 17.4 Å². The molecule has 1 aliphatic rings. The van der Waals surface area contributed by atoms with Crippen LogP contribution in [0.25, 0.3) is 5.69 Å². The third kappa shape index (κ3) is 4.39. The second kappa shape index (κ2) is 8.73. The molecular formula is C21H22ClN5O3. The van der Waals surface area contributed by atoms with Crippen molar-refractivity contribution in [1.29, 1.82) is 0 Å². The van der Waals surface area contributed by atoms with E-state index in [2.05, 4.69) is 20.2 Å². The molecule has 156 valence electrons. The largest absolute Gasteiger partial charge is 0.487 e. The van der Waals surface area contributed by atoms with Crippen LogP contribution in [-0.2, 0) is 6.61 Å². The smallest absolute Gasteiger partial charge is 0.273 e. The van der Waals surface area contributed by atoms with Gasteiger partial charge in [-0.3, -0.25) is 19.1 Å². The molecule has 0 saturated carbocycles. The van der Waals surface area contributed by atoms with Crippen molar-refractivity contribution in [3.05, 3.63) is 80.2 Å². The lowest BCUT2D eigenvalue weighted by molar-refractivity contribution is 0.300. The van der Waals surface area contributed by atoms with Gasteiger partial charge in [0.2, 0.25) is 0 Å². The number of rotatable bonds is 6. The normalized spacial score (nSPS) is 16.1. The average Bonchev–Trinajstić information content (AvgIpc) is 3.23. The maximum Gasteiger partial charge on any atom is 0.273 e. The summed E-state index contributed by atoms with van der Waals surface area (Å²) in [5.74, 6) is 1.15. The first-order valence-corrected chi connectivity index (χ1v) is 10.0. The van der Waals surface area contributed by atoms with Crippen LogP contribution >= 0.6 is 11.6 Å². The number of nitrogens with zero attached hydrogens (tertiary/aromatic N) is 3. The highest BCUT2D eigenvalue weighted by atomic mass is 35.5. The predicted octanol–water partition coefficient (Wildman–Crippen LogP) is 1.95. The zero-order valence-electron chi connectivity index (χ0n) is 16.5. The van der Waals surface area contributed by atoms with Gasteiger partial charge >= 0.3 is 0 Å². The van der Waals surface area contributed by atoms with Gasteiger partial charge in [0.1, 0.15) is 23.9 Å². The minimum Gasteiger partial charge on any atom is -0.487 e. The lowest BCUT2D eigenvalue weighted by Crippen LogP contribution is -2.31. The number of anilines is 1. The van der Waals surface area contributed by atoms with Crippen LogP contribution in [0.4, 0.5) is 5.82 Å². The topological polar surface area (TPSA) is 92.2 Å². The van der Waals surface area contributed by atoms with Gasteiger partial charge in [-0.15, -0.1) is 0 Å². The van der Waals surface area contributed by atoms with Crippen molar-refractivity contribution in [3.8, 4) is 11.4 Å². The van der Waals surface area contributed by atoms with Crippen molar-refractivity contribution < 1.29 is 4.74 Å². The molecule has 0 aromatic carbocycles. The molecule has 2 N–H and O–H groups in total. The number of likely N-dealkylation sites (N-methyl/N-ethyl adjacent to an activating group) is 1. The summed E-state index contributed by atoms with van der Waals surface area (Å²) in [4.78, 5) is 34.3. The number of ether oxygens (including phenoxy) is 1. The quantitative estimate of drug-likeness (QED) is 0.624. The maximum atomic E-state index is 12.6. The van der Waals surface area contributed by atoms with E-state index in [4.69, 9.17) is 16.3 Å². The van der Waals surface area contributed by atoms with Crippen molar-refractivity contribution in [2.75, 3.05) is 25.0 Å². The van der Waals surface area contributed by atoms with Crippen LogP contribution in [0.5, 0.6) is 5.75 Å². The summed E-state index contributed by atoms with van der Waals surface area (Å²) in [6.45, 7) is 1.91. The molecule has 4 rings (SSSR count). The van der Waals surface area contributed by atoms with Crippen molar-refractivity contribution in [2.45, 2.75) is 19.1 Å². The summed E-state index contributed by atoms with van der Waals surface area (Å²) in [5.41, 5.74) is 0.282. The molecule has 30 heavy (non-hydrogen) atoms. The lowest BCUT2D eigenvalue weighted by atomic mass is 10.3. The maximum absolute atomic E-state index is 12.6. The van der Waals surface area contributed by atoms with Crippen LogP contribution in [-0.4, -0.2) is 40.7 Å². The zero-order chi connectivity index (χ0) is 21.1. The van der Waals surface area contributed by atoms with E-state index in [0.717, 1.165) is 25.3 Å². The predicted molar refractivity (Wildman–Crippen MR) is 116 cm³/mol. The molecule has 1 fully saturated rings. The van der Waals surface area contributed by atoms with Gasteiger partial charge in [-0.25, -0.2) is 0 Å². The van der Waals surface area contributed by atoms with E-state index in [0.29, 0.717) is 22.5 Å². The molecule has 0 bridgehead atoms. The third-order valence-electron chi connectivity index (χ3n) is 5.14. The summed E-state index contributed by atoms with van der Waals surface area (Å²) < 4.78 is 6.93. The van der Waals surface area contributed by atoms with E-state index < -0.39 is 0 Å². The molecule has 8 nitrogen and oxygen atoms in total. The molecule has 1 saturated heterocycles. The Balaban J connectivity index is 1.49. The van der Waals surface area contributed by atoms with Gasteiger partial charge in [0.05, 0.1) is 10.7 Å². The fourth-order valence-electron chi connectivity index (χ4n) is 3.44. The van der Waals surface area contributed by atoms with E-state index in [1.807, 2.05) is 13.1 Å². The van der Waals surface area contributed by atoms with Gasteiger partial charge in [-0.1, -0.05) is 11.6 Å². The molecule has 3 aromatic heterocycles. The molecule has 0 spiro atoms. The Bertz CT molecular complexity index is 1140. The molecule has 9 heteroatoms. The van der Waals surface area contributed by atoms with Gasteiger partial charge in [0.15, 0.2) is 0 Å². The first-order chi connectivity index (χ1) is 14.5. The van der Waals surface area contributed by atoms with Crippen LogP contribution in [0, 0.1) is 0 Å². The van der Waals surface area contributed by atoms with E-state index >= 15 is 0 Å². The lowest BCUT2D eigenvalue weighted by Gasteiger charge is -2.18. The zero-order valence-corrected chi connectivity index (χ0v) is 17.2. The number of hydrogen-bond donors (Lipinski definition) is 2. The number of pyridine rings is 3. The van der Waals surface area contributed by atoms with Gasteiger partial charge in [-0.05, 0) is 43.8 Å². The van der Waals surface area contributed by atoms with Gasteiger partial charge < -0.3 is 19.9 Å². The highest BCUT2D eigenvalue weighted by Gasteiger charge is 2.22. The highest BCUT2D eigenvalue weighted by molar-refractivity contribution is 6.30. The molecule has 0 unspecified atom stereocenters. The first-order valence-electron chi connectivity index (χ1n) is 9.65. The Morgan fingerprint density at radius 1 is 1.27 bits per heavy atom. The van der Waals surface area contributed by atoms with E-state index in [9.17, 15) is 9.59 Å². The summed E-state index contributed by atoms with van der Waals surface area (Å²) in [6.07, 6.45) is 4.09. The molecule has 0 aliphatic carbocycles. The van der Waals surface area contributed by atoms with Crippen LogP contribution in [0.1, 0.15) is 12.1 Å². The summed E-state index contributed by atoms with van der Waals surface area (Å²) in [6, 6.07) is 10.4. The Morgan fingerprint density at radius 3 is 2.80 bits per heavy atom. The number of aromatic nitrogens is 3. The van der Waals surface area contributed by atoms with Crippen LogP contribution in [0.3, 0.4) is 0 Å². The Morgan fingerprint density at radius 2 is 2.13 bits per heavy atom. The molecule has 0 amide bonds. The Kier molecular flexibility index (Phi) is 5.87. The molecule has 0 radical (unpaired) electrons. The van der Waals surface area contributed by atoms with E-state index in [1.54, 1.807) is 24.3 Å².